The fraction of sp³-hybridized carbons (Fsp3) is 0.649. The van der Waals surface area contributed by atoms with Crippen molar-refractivity contribution >= 4 is 34.8 Å². The summed E-state index contributed by atoms with van der Waals surface area (Å²) in [5, 5.41) is 48.9. The van der Waals surface area contributed by atoms with E-state index < -0.39 is 95.2 Å². The predicted octanol–water partition coefficient (Wildman–Crippen LogP) is 4.48. The molecule has 3 aromatic rings. The van der Waals surface area contributed by atoms with Crippen LogP contribution in [0.2, 0.25) is 0 Å². The van der Waals surface area contributed by atoms with E-state index in [-0.39, 0.29) is 61.9 Å². The lowest BCUT2D eigenvalue weighted by atomic mass is 9.77. The molecule has 0 radical (unpaired) electrons. The number of cyclic esters (lactones) is 1. The van der Waals surface area contributed by atoms with Gasteiger partial charge in [0.25, 0.3) is 0 Å². The molecule has 2 aromatic heterocycles. The average Bonchev–Trinajstić information content (AvgIpc) is 4.22. The van der Waals surface area contributed by atoms with Crippen LogP contribution in [0.3, 0.4) is 0 Å². The van der Waals surface area contributed by atoms with E-state index in [0.29, 0.717) is 48.1 Å². The van der Waals surface area contributed by atoms with Crippen LogP contribution in [0.15, 0.2) is 53.6 Å². The number of carboxylic acids is 1. The summed E-state index contributed by atoms with van der Waals surface area (Å²) in [4.78, 5) is 75.9. The normalized spacial score (nSPS) is 32.1. The number of carboxylic acid groups (broad SMARTS) is 1. The number of carbonyl (C=O) groups is 4. The van der Waals surface area contributed by atoms with Crippen LogP contribution in [0.4, 0.5) is 0 Å². The predicted molar refractivity (Wildman–Crippen MR) is 283 cm³/mol. The minimum Gasteiger partial charge on any atom is -0.477 e. The number of nitrogens with one attached hydrogen (secondary N) is 1. The van der Waals surface area contributed by atoms with Gasteiger partial charge in [-0.3, -0.25) is 24.2 Å². The number of pyridine rings is 2. The highest BCUT2D eigenvalue weighted by molar-refractivity contribution is 5.93. The first-order valence-electron chi connectivity index (χ1n) is 26.8. The van der Waals surface area contributed by atoms with Crippen LogP contribution in [0.25, 0.3) is 10.9 Å². The Kier molecular flexibility index (Phi) is 20.4. The molecule has 14 atom stereocenters. The van der Waals surface area contributed by atoms with Gasteiger partial charge in [-0.1, -0.05) is 38.7 Å². The van der Waals surface area contributed by atoms with E-state index in [9.17, 15) is 44.4 Å². The van der Waals surface area contributed by atoms with Crippen LogP contribution in [0, 0.1) is 29.6 Å². The lowest BCUT2D eigenvalue weighted by Gasteiger charge is -2.48. The maximum absolute atomic E-state index is 14.5. The Morgan fingerprint density at radius 1 is 1.01 bits per heavy atom. The van der Waals surface area contributed by atoms with Crippen molar-refractivity contribution in [3.63, 3.8) is 0 Å². The molecule has 19 nitrogen and oxygen atoms in total. The highest BCUT2D eigenvalue weighted by atomic mass is 16.7. The first kappa shape index (κ1) is 59.9. The molecule has 0 unspecified atom stereocenters. The molecule has 2 saturated heterocycles. The van der Waals surface area contributed by atoms with Crippen LogP contribution in [-0.2, 0) is 44.5 Å². The molecule has 0 amide bonds. The van der Waals surface area contributed by atoms with Crippen molar-refractivity contribution in [2.24, 2.45) is 17.8 Å². The van der Waals surface area contributed by atoms with Gasteiger partial charge >= 0.3 is 23.9 Å². The van der Waals surface area contributed by atoms with E-state index in [1.807, 2.05) is 42.3 Å². The van der Waals surface area contributed by atoms with Gasteiger partial charge in [0.05, 0.1) is 36.1 Å². The molecule has 0 bridgehead atoms. The minimum atomic E-state index is -1.91. The first-order chi connectivity index (χ1) is 35.9. The summed E-state index contributed by atoms with van der Waals surface area (Å²) in [7, 11) is 5.50. The summed E-state index contributed by atoms with van der Waals surface area (Å²) in [5.41, 5.74) is -2.66. The van der Waals surface area contributed by atoms with Gasteiger partial charge in [0.1, 0.15) is 47.3 Å². The minimum absolute atomic E-state index is 0.0908. The van der Waals surface area contributed by atoms with Crippen LogP contribution in [0.5, 0.6) is 0 Å². The van der Waals surface area contributed by atoms with Crippen LogP contribution in [-0.4, -0.2) is 171 Å². The zero-order chi connectivity index (χ0) is 55.8. The van der Waals surface area contributed by atoms with Gasteiger partial charge in [-0.2, -0.15) is 0 Å². The summed E-state index contributed by atoms with van der Waals surface area (Å²) in [5.74, 6) is 0.278. The largest absolute Gasteiger partial charge is 0.477 e. The number of carbonyl (C=O) groups excluding carboxylic acids is 3. The molecule has 76 heavy (non-hydrogen) atoms. The van der Waals surface area contributed by atoms with Crippen molar-refractivity contribution in [2.75, 3.05) is 40.8 Å². The number of aliphatic hydroxyl groups is 3. The highest BCUT2D eigenvalue weighted by Crippen LogP contribution is 2.40. The summed E-state index contributed by atoms with van der Waals surface area (Å²) < 4.78 is 34.2. The van der Waals surface area contributed by atoms with Gasteiger partial charge in [-0.25, -0.2) is 4.79 Å². The number of aromatic nitrogens is 2. The SMILES string of the molecule is CC[C@H]1OC(=O)[C@H](C)[C@@H](OC(=O)Cc2ccccn2)[C@H](C)[C@@H](O[C@@H]2O[C@H](C)C[C@H](N(C)C)[C@H]2O)[C@](C)(OC(=O)CCNCCC#Cc2ccc3c(c2)c(=O)c(C(=O)O)cn3C2CC2)C[C@@H](C)CN(C)[C@H](C)[C@@H](O)[C@]1(C)O. The van der Waals surface area contributed by atoms with Gasteiger partial charge in [0, 0.05) is 73.4 Å². The number of benzene rings is 1. The monoisotopic (exact) mass is 1060 g/mol. The number of hydrogen-bond donors (Lipinski definition) is 5. The average molecular weight is 1060 g/mol. The van der Waals surface area contributed by atoms with Crippen LogP contribution < -0.4 is 10.7 Å². The molecule has 0 spiro atoms. The van der Waals surface area contributed by atoms with Crippen molar-refractivity contribution in [1.29, 1.82) is 0 Å². The van der Waals surface area contributed by atoms with Crippen molar-refractivity contribution in [2.45, 2.75) is 179 Å². The number of aromatic carboxylic acids is 1. The molecule has 1 aromatic carbocycles. The van der Waals surface area contributed by atoms with Crippen molar-refractivity contribution < 1.29 is 63.3 Å². The van der Waals surface area contributed by atoms with E-state index in [4.69, 9.17) is 23.7 Å². The van der Waals surface area contributed by atoms with Gasteiger partial charge < -0.3 is 63.8 Å². The Morgan fingerprint density at radius 3 is 2.38 bits per heavy atom. The van der Waals surface area contributed by atoms with Gasteiger partial charge in [0.2, 0.25) is 5.43 Å². The van der Waals surface area contributed by atoms with E-state index >= 15 is 0 Å². The number of likely N-dealkylation sites (N-methyl/N-ethyl adjacent to an activating group) is 2. The molecule has 4 heterocycles. The highest BCUT2D eigenvalue weighted by Gasteiger charge is 2.53. The Bertz CT molecular complexity index is 2610. The van der Waals surface area contributed by atoms with Gasteiger partial charge in [-0.05, 0) is 124 Å². The third-order valence-electron chi connectivity index (χ3n) is 15.4. The fourth-order valence-corrected chi connectivity index (χ4v) is 11.0. The lowest BCUT2D eigenvalue weighted by molar-refractivity contribution is -0.301. The molecule has 1 aliphatic carbocycles. The van der Waals surface area contributed by atoms with Crippen molar-refractivity contribution in [3.8, 4) is 11.8 Å². The van der Waals surface area contributed by atoms with Crippen LogP contribution in [0.1, 0.15) is 128 Å². The lowest BCUT2D eigenvalue weighted by Crippen LogP contribution is -2.60. The van der Waals surface area contributed by atoms with Gasteiger partial charge in [-0.15, -0.1) is 0 Å². The van der Waals surface area contributed by atoms with E-state index in [2.05, 4.69) is 22.1 Å². The maximum Gasteiger partial charge on any atom is 0.341 e. The summed E-state index contributed by atoms with van der Waals surface area (Å²) in [6.45, 7) is 14.7. The molecule has 3 fully saturated rings. The van der Waals surface area contributed by atoms with E-state index in [1.54, 1.807) is 84.3 Å². The Hall–Kier alpha value is -5.30. The van der Waals surface area contributed by atoms with E-state index in [0.717, 1.165) is 12.8 Å². The third kappa shape index (κ3) is 14.6. The number of esters is 3. The van der Waals surface area contributed by atoms with E-state index in [1.165, 1.54) is 13.1 Å². The topological polar surface area (TPSA) is 249 Å². The molecular formula is C57H81N5O14. The molecular weight excluding hydrogens is 979 g/mol. The zero-order valence-electron chi connectivity index (χ0n) is 46.1. The number of hydrogen-bond acceptors (Lipinski definition) is 17. The number of rotatable bonds is 15. The molecule has 418 valence electrons. The standard InChI is InChI=1S/C57H81N5O14/c1-12-45-57(8,71)51(67)37(6)61(11)31-33(2)30-56(7,76-46(63)23-26-58-24-15-13-17-38-19-22-43-41(28-38)48(65)42(53(68)69)32-62(43)40-20-21-40)52(75-55-49(66)44(60(9)10)27-34(3)72-55)35(4)50(36(5)54(70)73-45)74-47(64)29-39-18-14-16-25-59-39/h14,16,18-19,22,25,28,32-37,40,44-45,49-52,55,58,66-67,71H,12,15,20-21,23-24,26-27,29-31H2,1-11H3,(H,68,69)/t33-,34-,35+,36-,37-,44+,45-,49-,50+,51-,52-,55+,56-,57-/m1/s1. The quantitative estimate of drug-likeness (QED) is 0.0609. The number of ether oxygens (including phenoxy) is 5. The van der Waals surface area contributed by atoms with Crippen molar-refractivity contribution in [1.82, 2.24) is 24.7 Å². The molecule has 2 aliphatic heterocycles. The Labute approximate surface area is 446 Å². The summed E-state index contributed by atoms with van der Waals surface area (Å²) in [6.07, 6.45) is -2.27. The van der Waals surface area contributed by atoms with Gasteiger partial charge in [0.15, 0.2) is 6.29 Å². The summed E-state index contributed by atoms with van der Waals surface area (Å²) in [6, 6.07) is 9.48. The second kappa shape index (κ2) is 25.9. The third-order valence-corrected chi connectivity index (χ3v) is 15.4. The number of aliphatic hydroxyl groups excluding tert-OH is 2. The first-order valence-corrected chi connectivity index (χ1v) is 26.8. The number of fused-ring (bicyclic) bond motifs is 1. The maximum atomic E-state index is 14.5. The molecule has 19 heteroatoms. The molecule has 5 N–H and O–H groups in total. The zero-order valence-corrected chi connectivity index (χ0v) is 46.1. The fourth-order valence-electron chi connectivity index (χ4n) is 11.0. The molecule has 3 aliphatic rings. The number of nitrogens with zero attached hydrogens (tertiary/aromatic N) is 4. The summed E-state index contributed by atoms with van der Waals surface area (Å²) >= 11 is 0. The second-order valence-electron chi connectivity index (χ2n) is 22.1. The Morgan fingerprint density at radius 2 is 1.74 bits per heavy atom. The second-order valence-corrected chi connectivity index (χ2v) is 22.1. The molecule has 1 saturated carbocycles. The molecule has 6 rings (SSSR count). The van der Waals surface area contributed by atoms with Crippen LogP contribution >= 0.6 is 0 Å². The van der Waals surface area contributed by atoms with Crippen molar-refractivity contribution in [3.05, 3.63) is 75.8 Å². The Balaban J connectivity index is 1.30. The smallest absolute Gasteiger partial charge is 0.341 e.